The lowest BCUT2D eigenvalue weighted by Crippen LogP contribution is -2.54. The van der Waals surface area contributed by atoms with Gasteiger partial charge in [-0.15, -0.1) is 0 Å². The molecule has 4 nitrogen and oxygen atoms in total. The average molecular weight is 333 g/mol. The van der Waals surface area contributed by atoms with Gasteiger partial charge in [0.1, 0.15) is 5.75 Å². The van der Waals surface area contributed by atoms with Gasteiger partial charge in [-0.05, 0) is 18.2 Å². The molecule has 7 heteroatoms. The second kappa shape index (κ2) is 4.06. The molecule has 0 saturated heterocycles. The van der Waals surface area contributed by atoms with Crippen LogP contribution in [0.1, 0.15) is 12.0 Å². The van der Waals surface area contributed by atoms with E-state index in [1.807, 2.05) is 0 Å². The van der Waals surface area contributed by atoms with Crippen LogP contribution < -0.4 is 10.5 Å². The highest BCUT2D eigenvalue weighted by molar-refractivity contribution is 9.10. The highest BCUT2D eigenvalue weighted by Gasteiger charge is 2.60. The first-order chi connectivity index (χ1) is 8.95. The fourth-order valence-corrected chi connectivity index (χ4v) is 2.84. The molecule has 0 fully saturated rings. The Hall–Kier alpha value is -1.37. The van der Waals surface area contributed by atoms with Crippen molar-refractivity contribution < 1.29 is 18.3 Å². The molecule has 0 aliphatic carbocycles. The van der Waals surface area contributed by atoms with Crippen LogP contribution in [0.25, 0.3) is 0 Å². The van der Waals surface area contributed by atoms with Crippen molar-refractivity contribution in [1.82, 2.24) is 0 Å². The Morgan fingerprint density at radius 2 is 2.11 bits per heavy atom. The molecule has 2 heterocycles. The summed E-state index contributed by atoms with van der Waals surface area (Å²) >= 11 is 3.28. The fourth-order valence-electron chi connectivity index (χ4n) is 2.48. The van der Waals surface area contributed by atoms with Crippen LogP contribution in [0.2, 0.25) is 0 Å². The third-order valence-corrected chi connectivity index (χ3v) is 3.91. The number of benzene rings is 1. The Labute approximate surface area is 116 Å². The molecule has 0 amide bonds. The average Bonchev–Trinajstić information content (AvgIpc) is 2.36. The van der Waals surface area contributed by atoms with Crippen LogP contribution in [-0.2, 0) is 10.3 Å². The molecule has 1 aromatic carbocycles. The predicted octanol–water partition coefficient (Wildman–Crippen LogP) is 2.41. The molecule has 0 aromatic heterocycles. The summed E-state index contributed by atoms with van der Waals surface area (Å²) in [6.45, 7) is -0.602. The van der Waals surface area contributed by atoms with Gasteiger partial charge in [-0.3, -0.25) is 0 Å². The van der Waals surface area contributed by atoms with Crippen LogP contribution in [0.3, 0.4) is 0 Å². The summed E-state index contributed by atoms with van der Waals surface area (Å²) in [5.74, 6) is -2.72. The van der Waals surface area contributed by atoms with Gasteiger partial charge in [-0.25, -0.2) is 4.99 Å². The Morgan fingerprint density at radius 1 is 1.32 bits per heavy atom. The van der Waals surface area contributed by atoms with Crippen molar-refractivity contribution >= 4 is 22.0 Å². The summed E-state index contributed by atoms with van der Waals surface area (Å²) < 4.78 is 39.5. The second-order valence-corrected chi connectivity index (χ2v) is 5.46. The molecule has 1 atom stereocenters. The van der Waals surface area contributed by atoms with E-state index < -0.39 is 18.1 Å². The van der Waals surface area contributed by atoms with Gasteiger partial charge in [-0.1, -0.05) is 15.9 Å². The van der Waals surface area contributed by atoms with Gasteiger partial charge in [0.25, 0.3) is 6.02 Å². The Morgan fingerprint density at radius 3 is 2.89 bits per heavy atom. The molecule has 1 unspecified atom stereocenters. The minimum absolute atomic E-state index is 0.0630. The molecule has 0 bridgehead atoms. The summed E-state index contributed by atoms with van der Waals surface area (Å²) in [5.41, 5.74) is 4.13. The molecule has 2 N–H and O–H groups in total. The maximum atomic E-state index is 14.4. The normalized spacial score (nSPS) is 28.1. The van der Waals surface area contributed by atoms with E-state index in [0.29, 0.717) is 15.8 Å². The lowest BCUT2D eigenvalue weighted by Gasteiger charge is -2.43. The molecular weight excluding hydrogens is 322 g/mol. The zero-order chi connectivity index (χ0) is 13.7. The number of fused-ring (bicyclic) bond motifs is 2. The van der Waals surface area contributed by atoms with E-state index in [1.165, 1.54) is 0 Å². The highest BCUT2D eigenvalue weighted by atomic mass is 79.9. The van der Waals surface area contributed by atoms with Gasteiger partial charge in [0.05, 0.1) is 6.61 Å². The number of hydrogen-bond donors (Lipinski definition) is 1. The monoisotopic (exact) mass is 332 g/mol. The van der Waals surface area contributed by atoms with Crippen molar-refractivity contribution in [2.45, 2.75) is 17.9 Å². The molecule has 2 aliphatic rings. The minimum Gasteiger partial charge on any atom is -0.493 e. The van der Waals surface area contributed by atoms with Crippen LogP contribution in [0.5, 0.6) is 5.75 Å². The van der Waals surface area contributed by atoms with Gasteiger partial charge in [-0.2, -0.15) is 8.78 Å². The molecule has 1 spiro atoms. The zero-order valence-electron chi connectivity index (χ0n) is 9.83. The second-order valence-electron chi connectivity index (χ2n) is 4.54. The van der Waals surface area contributed by atoms with Gasteiger partial charge in [0.15, 0.2) is 12.1 Å². The molecule has 1 aromatic rings. The summed E-state index contributed by atoms with van der Waals surface area (Å²) in [6, 6.07) is 4.78. The standard InChI is InChI=1S/C12H11BrF2N2O2/c13-7-1-2-9-8(5-7)11(3-4-18-9)12(14,15)6-19-10(16)17-11/h1-2,5H,3-4,6H2,(H2,16,17). The van der Waals surface area contributed by atoms with E-state index in [9.17, 15) is 8.78 Å². The zero-order valence-corrected chi connectivity index (χ0v) is 11.4. The number of rotatable bonds is 0. The molecule has 102 valence electrons. The first-order valence-corrected chi connectivity index (χ1v) is 6.53. The maximum absolute atomic E-state index is 14.4. The van der Waals surface area contributed by atoms with Crippen LogP contribution in [0.4, 0.5) is 8.78 Å². The minimum atomic E-state index is -3.13. The van der Waals surface area contributed by atoms with Crippen LogP contribution in [0, 0.1) is 0 Å². The number of amidine groups is 1. The van der Waals surface area contributed by atoms with Crippen molar-refractivity contribution in [2.75, 3.05) is 13.2 Å². The summed E-state index contributed by atoms with van der Waals surface area (Å²) in [6.07, 6.45) is 0.0630. The first-order valence-electron chi connectivity index (χ1n) is 5.73. The van der Waals surface area contributed by atoms with Crippen molar-refractivity contribution in [3.05, 3.63) is 28.2 Å². The lowest BCUT2D eigenvalue weighted by molar-refractivity contribution is -0.132. The number of nitrogens with two attached hydrogens (primary N) is 1. The molecule has 19 heavy (non-hydrogen) atoms. The third kappa shape index (κ3) is 1.79. The largest absolute Gasteiger partial charge is 0.493 e. The Kier molecular flexibility index (Phi) is 2.70. The van der Waals surface area contributed by atoms with E-state index in [2.05, 4.69) is 20.9 Å². The van der Waals surface area contributed by atoms with Gasteiger partial charge >= 0.3 is 5.92 Å². The van der Waals surface area contributed by atoms with E-state index in [4.69, 9.17) is 15.2 Å². The number of aliphatic imine (C=N–C) groups is 1. The smallest absolute Gasteiger partial charge is 0.310 e. The highest BCUT2D eigenvalue weighted by Crippen LogP contribution is 2.51. The molecular formula is C12H11BrF2N2O2. The predicted molar refractivity (Wildman–Crippen MR) is 68.5 cm³/mol. The van der Waals surface area contributed by atoms with E-state index in [0.717, 1.165) is 0 Å². The molecule has 0 saturated carbocycles. The molecule has 0 radical (unpaired) electrons. The fraction of sp³-hybridized carbons (Fsp3) is 0.417. The van der Waals surface area contributed by atoms with E-state index >= 15 is 0 Å². The van der Waals surface area contributed by atoms with Crippen molar-refractivity contribution in [2.24, 2.45) is 10.7 Å². The topological polar surface area (TPSA) is 56.8 Å². The Balaban J connectivity index is 2.25. The molecule has 2 aliphatic heterocycles. The number of hydrogen-bond acceptors (Lipinski definition) is 4. The number of halogens is 3. The quantitative estimate of drug-likeness (QED) is 0.793. The third-order valence-electron chi connectivity index (χ3n) is 3.42. The van der Waals surface area contributed by atoms with Gasteiger partial charge < -0.3 is 15.2 Å². The summed E-state index contributed by atoms with van der Waals surface area (Å²) in [7, 11) is 0. The number of ether oxygens (including phenoxy) is 2. The first kappa shape index (κ1) is 12.7. The number of alkyl halides is 2. The van der Waals surface area contributed by atoms with E-state index in [1.54, 1.807) is 18.2 Å². The van der Waals surface area contributed by atoms with Crippen molar-refractivity contribution in [3.63, 3.8) is 0 Å². The van der Waals surface area contributed by atoms with Crippen LogP contribution >= 0.6 is 15.9 Å². The lowest BCUT2D eigenvalue weighted by atomic mass is 9.79. The van der Waals surface area contributed by atoms with E-state index in [-0.39, 0.29) is 19.0 Å². The Bertz CT molecular complexity index is 565. The molecule has 3 rings (SSSR count). The van der Waals surface area contributed by atoms with Gasteiger partial charge in [0, 0.05) is 16.5 Å². The summed E-state index contributed by atoms with van der Waals surface area (Å²) in [4.78, 5) is 3.93. The van der Waals surface area contributed by atoms with Crippen LogP contribution in [0.15, 0.2) is 27.7 Å². The number of nitrogens with zero attached hydrogens (tertiary/aromatic N) is 1. The van der Waals surface area contributed by atoms with Gasteiger partial charge in [0.2, 0.25) is 0 Å². The maximum Gasteiger partial charge on any atom is 0.310 e. The van der Waals surface area contributed by atoms with Crippen molar-refractivity contribution in [1.29, 1.82) is 0 Å². The summed E-state index contributed by atoms with van der Waals surface area (Å²) in [5, 5.41) is 0. The SMILES string of the molecule is NC1=NC2(CCOc3ccc(Br)cc32)C(F)(F)CO1. The van der Waals surface area contributed by atoms with Crippen molar-refractivity contribution in [3.8, 4) is 5.75 Å². The van der Waals surface area contributed by atoms with Crippen LogP contribution in [-0.4, -0.2) is 25.2 Å².